The van der Waals surface area contributed by atoms with Crippen molar-refractivity contribution in [2.75, 3.05) is 19.5 Å². The van der Waals surface area contributed by atoms with Gasteiger partial charge in [0.15, 0.2) is 9.84 Å². The summed E-state index contributed by atoms with van der Waals surface area (Å²) in [7, 11) is -1.62. The molecule has 2 rings (SSSR count). The zero-order chi connectivity index (χ0) is 15.0. The van der Waals surface area contributed by atoms with E-state index in [-0.39, 0.29) is 18.3 Å². The molecule has 20 heavy (non-hydrogen) atoms. The Morgan fingerprint density at radius 3 is 2.30 bits per heavy atom. The molecule has 0 bridgehead atoms. The van der Waals surface area contributed by atoms with Crippen LogP contribution in [0.4, 0.5) is 0 Å². The molecule has 0 amide bonds. The largest absolute Gasteiger partial charge is 0.383 e. The van der Waals surface area contributed by atoms with Crippen molar-refractivity contribution in [2.24, 2.45) is 5.73 Å². The van der Waals surface area contributed by atoms with E-state index in [9.17, 15) is 8.42 Å². The molecule has 0 aromatic heterocycles. The number of methoxy groups -OCH3 is 1. The van der Waals surface area contributed by atoms with Gasteiger partial charge in [-0.3, -0.25) is 0 Å². The Kier molecular flexibility index (Phi) is 4.23. The van der Waals surface area contributed by atoms with E-state index in [2.05, 4.69) is 6.92 Å². The van der Waals surface area contributed by atoms with Gasteiger partial charge < -0.3 is 10.5 Å². The van der Waals surface area contributed by atoms with Crippen molar-refractivity contribution < 1.29 is 13.2 Å². The zero-order valence-electron chi connectivity index (χ0n) is 12.3. The van der Waals surface area contributed by atoms with Crippen molar-refractivity contribution in [3.05, 3.63) is 35.4 Å². The third-order valence-corrected chi connectivity index (χ3v) is 6.52. The van der Waals surface area contributed by atoms with Gasteiger partial charge in [-0.25, -0.2) is 8.42 Å². The minimum Gasteiger partial charge on any atom is -0.383 e. The Morgan fingerprint density at radius 2 is 1.85 bits per heavy atom. The third kappa shape index (κ3) is 2.50. The molecule has 0 heterocycles. The van der Waals surface area contributed by atoms with E-state index in [0.29, 0.717) is 0 Å². The standard InChI is InChI=1S/C15H23NO3S/c1-4-11-6-8-12(9-7-11)13-14(20(17,18)5-2)15(13,16)10-19-3/h6-9,13-14H,4-5,10,16H2,1-3H3/t13-,14-,15+/m0/s1. The maximum Gasteiger partial charge on any atom is 0.155 e. The first kappa shape index (κ1) is 15.5. The summed E-state index contributed by atoms with van der Waals surface area (Å²) in [4.78, 5) is 0. The average molecular weight is 297 g/mol. The van der Waals surface area contributed by atoms with Crippen LogP contribution in [0.2, 0.25) is 0 Å². The molecular formula is C15H23NO3S. The summed E-state index contributed by atoms with van der Waals surface area (Å²) < 4.78 is 29.6. The van der Waals surface area contributed by atoms with Crippen LogP contribution in [-0.4, -0.2) is 38.7 Å². The molecule has 4 nitrogen and oxygen atoms in total. The molecule has 1 fully saturated rings. The highest BCUT2D eigenvalue weighted by Crippen LogP contribution is 2.54. The van der Waals surface area contributed by atoms with E-state index in [4.69, 9.17) is 10.5 Å². The summed E-state index contributed by atoms with van der Waals surface area (Å²) >= 11 is 0. The van der Waals surface area contributed by atoms with Gasteiger partial charge in [0.1, 0.15) is 0 Å². The van der Waals surface area contributed by atoms with E-state index in [0.717, 1.165) is 12.0 Å². The van der Waals surface area contributed by atoms with Crippen LogP contribution >= 0.6 is 0 Å². The highest BCUT2D eigenvalue weighted by molar-refractivity contribution is 7.92. The van der Waals surface area contributed by atoms with Crippen molar-refractivity contribution in [2.45, 2.75) is 37.0 Å². The van der Waals surface area contributed by atoms with Gasteiger partial charge in [-0.2, -0.15) is 0 Å². The van der Waals surface area contributed by atoms with Crippen LogP contribution in [0.3, 0.4) is 0 Å². The molecule has 2 N–H and O–H groups in total. The van der Waals surface area contributed by atoms with Crippen molar-refractivity contribution in [1.29, 1.82) is 0 Å². The van der Waals surface area contributed by atoms with Crippen molar-refractivity contribution in [1.82, 2.24) is 0 Å². The lowest BCUT2D eigenvalue weighted by Gasteiger charge is -2.10. The van der Waals surface area contributed by atoms with Crippen molar-refractivity contribution in [3.8, 4) is 0 Å². The number of nitrogens with two attached hydrogens (primary N) is 1. The summed E-state index contributed by atoms with van der Waals surface area (Å²) in [5.74, 6) is -0.0533. The molecule has 1 aliphatic rings. The first-order valence-electron chi connectivity index (χ1n) is 6.99. The highest BCUT2D eigenvalue weighted by atomic mass is 32.2. The molecule has 112 valence electrons. The monoisotopic (exact) mass is 297 g/mol. The van der Waals surface area contributed by atoms with Gasteiger partial charge in [0, 0.05) is 18.8 Å². The number of aryl methyl sites for hydroxylation is 1. The molecule has 1 saturated carbocycles. The molecular weight excluding hydrogens is 274 g/mol. The maximum absolute atomic E-state index is 12.2. The van der Waals surface area contributed by atoms with Crippen LogP contribution in [0.5, 0.6) is 0 Å². The zero-order valence-corrected chi connectivity index (χ0v) is 13.1. The van der Waals surface area contributed by atoms with Crippen molar-refractivity contribution >= 4 is 9.84 Å². The number of rotatable bonds is 6. The molecule has 0 unspecified atom stereocenters. The second-order valence-electron chi connectivity index (χ2n) is 5.49. The normalized spacial score (nSPS) is 29.4. The van der Waals surface area contributed by atoms with E-state index in [1.807, 2.05) is 24.3 Å². The molecule has 0 saturated heterocycles. The van der Waals surface area contributed by atoms with E-state index in [1.54, 1.807) is 14.0 Å². The summed E-state index contributed by atoms with van der Waals surface area (Å²) in [6, 6.07) is 8.06. The number of benzene rings is 1. The smallest absolute Gasteiger partial charge is 0.155 e. The lowest BCUT2D eigenvalue weighted by atomic mass is 10.0. The average Bonchev–Trinajstić information content (AvgIpc) is 3.06. The van der Waals surface area contributed by atoms with Gasteiger partial charge in [-0.1, -0.05) is 38.1 Å². The minimum absolute atomic E-state index is 0.115. The third-order valence-electron chi connectivity index (χ3n) is 4.23. The predicted molar refractivity (Wildman–Crippen MR) is 80.6 cm³/mol. The van der Waals surface area contributed by atoms with Gasteiger partial charge in [-0.05, 0) is 17.5 Å². The maximum atomic E-state index is 12.2. The van der Waals surface area contributed by atoms with Crippen LogP contribution < -0.4 is 5.73 Å². The summed E-state index contributed by atoms with van der Waals surface area (Å²) in [5, 5.41) is -0.535. The lowest BCUT2D eigenvalue weighted by molar-refractivity contribution is 0.171. The molecule has 5 heteroatoms. The molecule has 0 spiro atoms. The van der Waals surface area contributed by atoms with Gasteiger partial charge in [-0.15, -0.1) is 0 Å². The van der Waals surface area contributed by atoms with Crippen molar-refractivity contribution in [3.63, 3.8) is 0 Å². The van der Waals surface area contributed by atoms with Crippen LogP contribution in [-0.2, 0) is 21.0 Å². The molecule has 1 aromatic rings. The fraction of sp³-hybridized carbons (Fsp3) is 0.600. The van der Waals surface area contributed by atoms with Crippen LogP contribution in [0.15, 0.2) is 24.3 Å². The van der Waals surface area contributed by atoms with Crippen LogP contribution in [0.1, 0.15) is 30.9 Å². The number of sulfone groups is 1. The Labute approximate surface area is 121 Å². The Hall–Kier alpha value is -0.910. The number of hydrogen-bond donors (Lipinski definition) is 1. The Bertz CT molecular complexity index is 567. The quantitative estimate of drug-likeness (QED) is 0.864. The molecule has 1 aromatic carbocycles. The minimum atomic E-state index is -3.17. The predicted octanol–water partition coefficient (Wildman–Crippen LogP) is 1.49. The van der Waals surface area contributed by atoms with Gasteiger partial charge in [0.2, 0.25) is 0 Å². The van der Waals surface area contributed by atoms with Gasteiger partial charge in [0.05, 0.1) is 17.4 Å². The molecule has 0 radical (unpaired) electrons. The van der Waals surface area contributed by atoms with E-state index in [1.165, 1.54) is 5.56 Å². The van der Waals surface area contributed by atoms with Gasteiger partial charge in [0.25, 0.3) is 0 Å². The Morgan fingerprint density at radius 1 is 1.25 bits per heavy atom. The first-order valence-corrected chi connectivity index (χ1v) is 8.70. The molecule has 0 aliphatic heterocycles. The highest BCUT2D eigenvalue weighted by Gasteiger charge is 2.68. The summed E-state index contributed by atoms with van der Waals surface area (Å²) in [5.41, 5.74) is 7.74. The second-order valence-corrected chi connectivity index (χ2v) is 7.90. The Balaban J connectivity index is 2.33. The van der Waals surface area contributed by atoms with Crippen LogP contribution in [0, 0.1) is 0 Å². The van der Waals surface area contributed by atoms with Gasteiger partial charge >= 0.3 is 0 Å². The fourth-order valence-corrected chi connectivity index (χ4v) is 5.00. The topological polar surface area (TPSA) is 69.4 Å². The first-order chi connectivity index (χ1) is 9.40. The van der Waals surface area contributed by atoms with Crippen LogP contribution in [0.25, 0.3) is 0 Å². The SMILES string of the molecule is CCc1ccc([C@H]2[C@H](S(=O)(=O)CC)[C@@]2(N)COC)cc1. The van der Waals surface area contributed by atoms with E-state index < -0.39 is 20.6 Å². The molecule has 3 atom stereocenters. The molecule has 1 aliphatic carbocycles. The van der Waals surface area contributed by atoms with E-state index >= 15 is 0 Å². The number of hydrogen-bond acceptors (Lipinski definition) is 4. The second kappa shape index (κ2) is 5.47. The lowest BCUT2D eigenvalue weighted by Crippen LogP contribution is -2.36. The summed E-state index contributed by atoms with van der Waals surface area (Å²) in [6.07, 6.45) is 0.966. The fourth-order valence-electron chi connectivity index (χ4n) is 3.01. The number of ether oxygens (including phenoxy) is 1. The summed E-state index contributed by atoms with van der Waals surface area (Å²) in [6.45, 7) is 4.02.